The van der Waals surface area contributed by atoms with E-state index in [4.69, 9.17) is 4.74 Å². The number of fused-ring (bicyclic) bond motifs is 3. The highest BCUT2D eigenvalue weighted by Gasteiger charge is 2.56. The number of sulfonamides is 1. The minimum Gasteiger partial charge on any atom is -0.369 e. The van der Waals surface area contributed by atoms with Gasteiger partial charge in [-0.25, -0.2) is 27.2 Å². The van der Waals surface area contributed by atoms with E-state index in [0.29, 0.717) is 35.0 Å². The van der Waals surface area contributed by atoms with Gasteiger partial charge < -0.3 is 9.64 Å². The lowest BCUT2D eigenvalue weighted by molar-refractivity contribution is -0.276. The molecule has 1 saturated heterocycles. The number of methoxy groups -OCH3 is 1. The van der Waals surface area contributed by atoms with Crippen molar-refractivity contribution in [2.45, 2.75) is 54.3 Å². The maximum Gasteiger partial charge on any atom is 0.417 e. The van der Waals surface area contributed by atoms with Gasteiger partial charge in [-0.3, -0.25) is 4.57 Å². The zero-order valence-corrected chi connectivity index (χ0v) is 23.3. The quantitative estimate of drug-likeness (QED) is 0.298. The minimum absolute atomic E-state index is 0.0257. The van der Waals surface area contributed by atoms with Gasteiger partial charge in [0.2, 0.25) is 15.2 Å². The Balaban J connectivity index is 1.51. The van der Waals surface area contributed by atoms with E-state index in [2.05, 4.69) is 24.9 Å². The van der Waals surface area contributed by atoms with E-state index in [0.717, 1.165) is 7.11 Å². The molecule has 2 aliphatic rings. The van der Waals surface area contributed by atoms with Crippen molar-refractivity contribution in [2.75, 3.05) is 25.1 Å². The van der Waals surface area contributed by atoms with Crippen molar-refractivity contribution in [1.29, 1.82) is 5.26 Å². The number of alkyl halides is 5. The summed E-state index contributed by atoms with van der Waals surface area (Å²) in [6.07, 6.45) is -6.29. The van der Waals surface area contributed by atoms with Crippen molar-refractivity contribution in [2.24, 2.45) is 0 Å². The first-order chi connectivity index (χ1) is 19.8. The first-order valence-corrected chi connectivity index (χ1v) is 14.9. The number of hydrogen-bond acceptors (Lipinski definition) is 10. The van der Waals surface area contributed by atoms with Crippen molar-refractivity contribution in [1.82, 2.24) is 29.5 Å². The van der Waals surface area contributed by atoms with Gasteiger partial charge in [-0.05, 0) is 25.0 Å². The third-order valence-corrected chi connectivity index (χ3v) is 10.1. The summed E-state index contributed by atoms with van der Waals surface area (Å²) in [4.78, 5) is 10.1. The number of rotatable bonds is 7. The molecule has 222 valence electrons. The van der Waals surface area contributed by atoms with Crippen LogP contribution in [-0.2, 0) is 14.8 Å². The van der Waals surface area contributed by atoms with Gasteiger partial charge in [-0.2, -0.15) is 23.2 Å². The van der Waals surface area contributed by atoms with Crippen molar-refractivity contribution in [3.8, 4) is 11.2 Å². The van der Waals surface area contributed by atoms with E-state index in [-0.39, 0.29) is 52.9 Å². The van der Waals surface area contributed by atoms with Crippen LogP contribution in [0.3, 0.4) is 0 Å². The van der Waals surface area contributed by atoms with Crippen molar-refractivity contribution >= 4 is 49.1 Å². The van der Waals surface area contributed by atoms with Crippen LogP contribution in [0, 0.1) is 11.3 Å². The second-order valence-corrected chi connectivity index (χ2v) is 12.8. The number of hydrogen-bond donors (Lipinski definition) is 1. The average molecular weight is 629 g/mol. The molecule has 4 heterocycles. The summed E-state index contributed by atoms with van der Waals surface area (Å²) in [6.45, 7) is -0.125. The molecule has 0 bridgehead atoms. The minimum atomic E-state index is -4.58. The van der Waals surface area contributed by atoms with Gasteiger partial charge in [-0.15, -0.1) is 10.2 Å². The lowest BCUT2D eigenvalue weighted by Gasteiger charge is -2.42. The molecule has 4 aromatic rings. The van der Waals surface area contributed by atoms with Gasteiger partial charge in [0.05, 0.1) is 21.9 Å². The Kier molecular flexibility index (Phi) is 6.64. The number of nitrogens with zero attached hydrogens (tertiary/aromatic N) is 7. The van der Waals surface area contributed by atoms with Crippen LogP contribution in [0.5, 0.6) is 0 Å². The smallest absolute Gasteiger partial charge is 0.369 e. The predicted octanol–water partition coefficient (Wildman–Crippen LogP) is 4.24. The molecular weight excluding hydrogens is 607 g/mol. The van der Waals surface area contributed by atoms with Gasteiger partial charge in [0, 0.05) is 38.4 Å². The maximum absolute atomic E-state index is 13.8. The summed E-state index contributed by atoms with van der Waals surface area (Å²) in [5, 5.41) is 17.0. The van der Waals surface area contributed by atoms with E-state index in [1.54, 1.807) is 4.90 Å². The standard InChI is InChI=1S/C24H21F5N8O3S2/c1-40-23(24(27,28)29)6-8-36(9-7-23)18-16-14-3-2-13(42(38,39)35-22(11-30)4-5-22)10-15(14)37(19(16)32-12-31-18)21-34-33-20(41-21)17(25)26/h2-3,10,12,17,35H,4-9H2,1H3. The zero-order valence-electron chi connectivity index (χ0n) is 21.7. The molecule has 3 aromatic heterocycles. The largest absolute Gasteiger partial charge is 0.417 e. The monoisotopic (exact) mass is 628 g/mol. The molecule has 0 atom stereocenters. The Morgan fingerprint density at radius 2 is 1.86 bits per heavy atom. The molecule has 6 rings (SSSR count). The Morgan fingerprint density at radius 1 is 1.14 bits per heavy atom. The molecule has 0 unspecified atom stereocenters. The second-order valence-electron chi connectivity index (χ2n) is 10.1. The summed E-state index contributed by atoms with van der Waals surface area (Å²) in [7, 11) is -3.14. The van der Waals surface area contributed by atoms with E-state index in [1.165, 1.54) is 29.1 Å². The summed E-state index contributed by atoms with van der Waals surface area (Å²) < 4.78 is 103. The Bertz CT molecular complexity index is 1840. The zero-order chi connectivity index (χ0) is 30.1. The molecule has 1 saturated carbocycles. The summed E-state index contributed by atoms with van der Waals surface area (Å²) >= 11 is 0.579. The number of halogens is 5. The van der Waals surface area contributed by atoms with Gasteiger partial charge in [0.1, 0.15) is 17.7 Å². The molecular formula is C24H21F5N8O3S2. The number of anilines is 1. The van der Waals surface area contributed by atoms with E-state index >= 15 is 0 Å². The number of nitriles is 1. The number of aromatic nitrogens is 5. The fourth-order valence-electron chi connectivity index (χ4n) is 5.17. The van der Waals surface area contributed by atoms with Gasteiger partial charge in [0.25, 0.3) is 6.43 Å². The molecule has 11 nitrogen and oxygen atoms in total. The third kappa shape index (κ3) is 4.55. The highest BCUT2D eigenvalue weighted by Crippen LogP contribution is 2.44. The van der Waals surface area contributed by atoms with Crippen LogP contribution in [0.1, 0.15) is 37.1 Å². The fraction of sp³-hybridized carbons (Fsp3) is 0.458. The SMILES string of the molecule is COC1(C(F)(F)F)CCN(c2ncnc3c2c2ccc(S(=O)(=O)NC4(C#N)CC4)cc2n3-c2nnc(C(F)F)s2)CC1. The van der Waals surface area contributed by atoms with Gasteiger partial charge in [-0.1, -0.05) is 17.4 Å². The molecule has 1 N–H and O–H groups in total. The van der Waals surface area contributed by atoms with Crippen LogP contribution in [0.2, 0.25) is 0 Å². The molecule has 0 radical (unpaired) electrons. The lowest BCUT2D eigenvalue weighted by atomic mass is 9.90. The highest BCUT2D eigenvalue weighted by atomic mass is 32.2. The predicted molar refractivity (Wildman–Crippen MR) is 140 cm³/mol. The van der Waals surface area contributed by atoms with Gasteiger partial charge in [0.15, 0.2) is 16.3 Å². The molecule has 2 fully saturated rings. The Labute approximate surface area is 239 Å². The van der Waals surface area contributed by atoms with Crippen LogP contribution >= 0.6 is 11.3 Å². The van der Waals surface area contributed by atoms with Crippen molar-refractivity contribution < 1.29 is 35.1 Å². The number of piperidine rings is 1. The molecule has 1 aromatic carbocycles. The van der Waals surface area contributed by atoms with Crippen LogP contribution in [0.25, 0.3) is 27.1 Å². The van der Waals surface area contributed by atoms with Crippen molar-refractivity contribution in [3.05, 3.63) is 29.5 Å². The van der Waals surface area contributed by atoms with E-state index in [1.807, 2.05) is 6.07 Å². The highest BCUT2D eigenvalue weighted by molar-refractivity contribution is 7.89. The van der Waals surface area contributed by atoms with Crippen molar-refractivity contribution in [3.63, 3.8) is 0 Å². The normalized spacial score (nSPS) is 18.6. The van der Waals surface area contributed by atoms with Crippen LogP contribution in [0.4, 0.5) is 27.8 Å². The van der Waals surface area contributed by atoms with E-state index < -0.39 is 38.8 Å². The Hall–Kier alpha value is -3.53. The summed E-state index contributed by atoms with van der Waals surface area (Å²) in [6, 6.07) is 6.07. The number of benzene rings is 1. The summed E-state index contributed by atoms with van der Waals surface area (Å²) in [5.41, 5.74) is -3.11. The number of ether oxygens (including phenoxy) is 1. The second kappa shape index (κ2) is 9.76. The molecule has 42 heavy (non-hydrogen) atoms. The topological polar surface area (TPSA) is 139 Å². The summed E-state index contributed by atoms with van der Waals surface area (Å²) in [5.74, 6) is 0.282. The number of nitrogens with one attached hydrogen (secondary N) is 1. The third-order valence-electron chi connectivity index (χ3n) is 7.69. The van der Waals surface area contributed by atoms with Gasteiger partial charge >= 0.3 is 6.18 Å². The van der Waals surface area contributed by atoms with Crippen LogP contribution in [-0.4, -0.2) is 70.7 Å². The molecule has 18 heteroatoms. The fourth-order valence-corrected chi connectivity index (χ4v) is 7.28. The van der Waals surface area contributed by atoms with Crippen LogP contribution in [0.15, 0.2) is 29.4 Å². The van der Waals surface area contributed by atoms with E-state index in [9.17, 15) is 35.6 Å². The Morgan fingerprint density at radius 3 is 2.43 bits per heavy atom. The first kappa shape index (κ1) is 28.6. The molecule has 0 amide bonds. The maximum atomic E-state index is 13.8. The molecule has 0 spiro atoms. The average Bonchev–Trinajstić information content (AvgIpc) is 3.39. The molecule has 1 aliphatic heterocycles. The molecule has 1 aliphatic carbocycles. The lowest BCUT2D eigenvalue weighted by Crippen LogP contribution is -2.54. The first-order valence-electron chi connectivity index (χ1n) is 12.6. The van der Waals surface area contributed by atoms with Crippen LogP contribution < -0.4 is 9.62 Å².